The fraction of sp³-hybridized carbons (Fsp3) is 0.474. The van der Waals surface area contributed by atoms with Gasteiger partial charge in [0.05, 0.1) is 4.92 Å². The summed E-state index contributed by atoms with van der Waals surface area (Å²) in [6, 6.07) is 4.70. The molecule has 160 valence electrons. The van der Waals surface area contributed by atoms with Crippen LogP contribution in [0.15, 0.2) is 24.5 Å². The molecule has 0 radical (unpaired) electrons. The highest BCUT2D eigenvalue weighted by molar-refractivity contribution is 5.69. The number of aromatic nitrogens is 3. The standard InChI is InChI=1S/C19H25N7O4/c1-13-11-15(21-12-20-13)22-17-14(26(28)29)5-6-16(23-17)24-7-9-25(10-8-24)18(27)30-19(2,3)4/h5-6,11-12H,7-10H2,1-4H3,(H,20,21,22,23). The Morgan fingerprint density at radius 2 is 1.90 bits per heavy atom. The number of carbonyl (C=O) groups is 1. The molecule has 2 aromatic heterocycles. The van der Waals surface area contributed by atoms with Crippen LogP contribution in [0.25, 0.3) is 0 Å². The van der Waals surface area contributed by atoms with E-state index in [9.17, 15) is 14.9 Å². The maximum Gasteiger partial charge on any atom is 0.410 e. The Kier molecular flexibility index (Phi) is 5.99. The fourth-order valence-electron chi connectivity index (χ4n) is 2.95. The molecule has 0 spiro atoms. The van der Waals surface area contributed by atoms with Gasteiger partial charge in [-0.3, -0.25) is 10.1 Å². The van der Waals surface area contributed by atoms with Gasteiger partial charge in [-0.2, -0.15) is 0 Å². The molecule has 1 saturated heterocycles. The van der Waals surface area contributed by atoms with Gasteiger partial charge in [0, 0.05) is 44.0 Å². The van der Waals surface area contributed by atoms with Crippen molar-refractivity contribution >= 4 is 29.2 Å². The lowest BCUT2D eigenvalue weighted by Crippen LogP contribution is -2.50. The number of rotatable bonds is 4. The highest BCUT2D eigenvalue weighted by Crippen LogP contribution is 2.28. The smallest absolute Gasteiger partial charge is 0.410 e. The number of hydrogen-bond acceptors (Lipinski definition) is 9. The Morgan fingerprint density at radius 3 is 2.50 bits per heavy atom. The van der Waals surface area contributed by atoms with Crippen molar-refractivity contribution in [2.24, 2.45) is 0 Å². The summed E-state index contributed by atoms with van der Waals surface area (Å²) in [5.41, 5.74) is 0.0283. The van der Waals surface area contributed by atoms with Gasteiger partial charge in [-0.25, -0.2) is 19.7 Å². The van der Waals surface area contributed by atoms with Crippen LogP contribution in [0.2, 0.25) is 0 Å². The van der Waals surface area contributed by atoms with Crippen molar-refractivity contribution in [1.82, 2.24) is 19.9 Å². The number of carbonyl (C=O) groups excluding carboxylic acids is 1. The first-order chi connectivity index (χ1) is 14.1. The van der Waals surface area contributed by atoms with E-state index in [1.165, 1.54) is 12.4 Å². The average molecular weight is 415 g/mol. The predicted molar refractivity (Wildman–Crippen MR) is 111 cm³/mol. The Bertz CT molecular complexity index is 937. The number of piperazine rings is 1. The van der Waals surface area contributed by atoms with Crippen LogP contribution in [0.5, 0.6) is 0 Å². The molecule has 11 heteroatoms. The summed E-state index contributed by atoms with van der Waals surface area (Å²) in [4.78, 5) is 39.3. The minimum atomic E-state index is -0.548. The Labute approximate surface area is 174 Å². The van der Waals surface area contributed by atoms with Crippen LogP contribution in [0.3, 0.4) is 0 Å². The zero-order chi connectivity index (χ0) is 21.9. The Morgan fingerprint density at radius 1 is 1.20 bits per heavy atom. The normalized spacial score (nSPS) is 14.4. The SMILES string of the molecule is Cc1cc(Nc2nc(N3CCN(C(=O)OC(C)(C)C)CC3)ccc2[N+](=O)[O-])ncn1. The fourth-order valence-corrected chi connectivity index (χ4v) is 2.95. The minimum Gasteiger partial charge on any atom is -0.444 e. The molecule has 0 saturated carbocycles. The largest absolute Gasteiger partial charge is 0.444 e. The van der Waals surface area contributed by atoms with E-state index in [-0.39, 0.29) is 17.6 Å². The van der Waals surface area contributed by atoms with E-state index in [1.807, 2.05) is 25.7 Å². The molecule has 1 fully saturated rings. The molecule has 1 aliphatic heterocycles. The van der Waals surface area contributed by atoms with Crippen LogP contribution in [-0.4, -0.2) is 62.6 Å². The molecule has 0 unspecified atom stereocenters. The summed E-state index contributed by atoms with van der Waals surface area (Å²) in [5.74, 6) is 1.10. The first kappa shape index (κ1) is 21.2. The van der Waals surface area contributed by atoms with Crippen LogP contribution in [0, 0.1) is 17.0 Å². The van der Waals surface area contributed by atoms with Crippen molar-refractivity contribution < 1.29 is 14.5 Å². The second kappa shape index (κ2) is 8.47. The molecule has 0 aliphatic carbocycles. The number of aryl methyl sites for hydroxylation is 1. The third-order valence-electron chi connectivity index (χ3n) is 4.36. The molecule has 0 bridgehead atoms. The Hall–Kier alpha value is -3.50. The van der Waals surface area contributed by atoms with Crippen molar-refractivity contribution in [3.63, 3.8) is 0 Å². The van der Waals surface area contributed by atoms with Crippen molar-refractivity contribution in [2.45, 2.75) is 33.3 Å². The number of pyridine rings is 1. The van der Waals surface area contributed by atoms with Gasteiger partial charge >= 0.3 is 11.8 Å². The van der Waals surface area contributed by atoms with Crippen molar-refractivity contribution in [2.75, 3.05) is 36.4 Å². The number of anilines is 3. The van der Waals surface area contributed by atoms with Crippen LogP contribution in [0.4, 0.5) is 27.9 Å². The zero-order valence-corrected chi connectivity index (χ0v) is 17.5. The number of amides is 1. The van der Waals surface area contributed by atoms with Crippen molar-refractivity contribution in [3.05, 3.63) is 40.3 Å². The third-order valence-corrected chi connectivity index (χ3v) is 4.36. The average Bonchev–Trinajstić information content (AvgIpc) is 2.66. The second-order valence-corrected chi connectivity index (χ2v) is 7.92. The number of hydrogen-bond donors (Lipinski definition) is 1. The first-order valence-corrected chi connectivity index (χ1v) is 9.56. The summed E-state index contributed by atoms with van der Waals surface area (Å²) >= 11 is 0. The van der Waals surface area contributed by atoms with Gasteiger partial charge < -0.3 is 19.9 Å². The molecule has 3 rings (SSSR count). The molecule has 30 heavy (non-hydrogen) atoms. The highest BCUT2D eigenvalue weighted by Gasteiger charge is 2.27. The van der Waals surface area contributed by atoms with E-state index in [0.29, 0.717) is 37.8 Å². The molecule has 1 N–H and O–H groups in total. The lowest BCUT2D eigenvalue weighted by atomic mass is 10.2. The third kappa shape index (κ3) is 5.31. The van der Waals surface area contributed by atoms with E-state index in [2.05, 4.69) is 20.3 Å². The number of nitrogens with one attached hydrogen (secondary N) is 1. The number of nitrogens with zero attached hydrogens (tertiary/aromatic N) is 6. The molecular weight excluding hydrogens is 390 g/mol. The lowest BCUT2D eigenvalue weighted by molar-refractivity contribution is -0.384. The summed E-state index contributed by atoms with van der Waals surface area (Å²) in [6.07, 6.45) is 1.03. The summed E-state index contributed by atoms with van der Waals surface area (Å²) in [7, 11) is 0. The maximum absolute atomic E-state index is 12.2. The van der Waals surface area contributed by atoms with E-state index in [0.717, 1.165) is 5.69 Å². The molecule has 1 amide bonds. The minimum absolute atomic E-state index is 0.102. The molecule has 3 heterocycles. The predicted octanol–water partition coefficient (Wildman–Crippen LogP) is 2.89. The summed E-state index contributed by atoms with van der Waals surface area (Å²) in [6.45, 7) is 9.31. The Balaban J connectivity index is 1.74. The lowest BCUT2D eigenvalue weighted by Gasteiger charge is -2.36. The molecule has 2 aromatic rings. The van der Waals surface area contributed by atoms with Gasteiger partial charge in [-0.05, 0) is 33.8 Å². The van der Waals surface area contributed by atoms with Gasteiger partial charge in [-0.1, -0.05) is 0 Å². The number of nitro groups is 1. The van der Waals surface area contributed by atoms with Gasteiger partial charge in [0.15, 0.2) is 0 Å². The van der Waals surface area contributed by atoms with Crippen LogP contribution >= 0.6 is 0 Å². The van der Waals surface area contributed by atoms with Crippen LogP contribution in [-0.2, 0) is 4.74 Å². The quantitative estimate of drug-likeness (QED) is 0.592. The van der Waals surface area contributed by atoms with Crippen LogP contribution in [0.1, 0.15) is 26.5 Å². The molecular formula is C19H25N7O4. The molecule has 11 nitrogen and oxygen atoms in total. The summed E-state index contributed by atoms with van der Waals surface area (Å²) in [5, 5.41) is 14.3. The van der Waals surface area contributed by atoms with E-state index < -0.39 is 10.5 Å². The van der Waals surface area contributed by atoms with Gasteiger partial charge in [0.2, 0.25) is 5.82 Å². The van der Waals surface area contributed by atoms with E-state index in [4.69, 9.17) is 4.74 Å². The van der Waals surface area contributed by atoms with Crippen molar-refractivity contribution in [1.29, 1.82) is 0 Å². The van der Waals surface area contributed by atoms with Crippen molar-refractivity contribution in [3.8, 4) is 0 Å². The number of ether oxygens (including phenoxy) is 1. The molecule has 0 atom stereocenters. The monoisotopic (exact) mass is 415 g/mol. The van der Waals surface area contributed by atoms with E-state index in [1.54, 1.807) is 24.0 Å². The van der Waals surface area contributed by atoms with Crippen LogP contribution < -0.4 is 10.2 Å². The molecule has 0 aromatic carbocycles. The summed E-state index contributed by atoms with van der Waals surface area (Å²) < 4.78 is 5.41. The maximum atomic E-state index is 12.2. The molecule has 1 aliphatic rings. The van der Waals surface area contributed by atoms with Gasteiger partial charge in [0.25, 0.3) is 0 Å². The highest BCUT2D eigenvalue weighted by atomic mass is 16.6. The zero-order valence-electron chi connectivity index (χ0n) is 17.5. The van der Waals surface area contributed by atoms with Gasteiger partial charge in [0.1, 0.15) is 23.6 Å². The topological polar surface area (TPSA) is 127 Å². The van der Waals surface area contributed by atoms with E-state index >= 15 is 0 Å². The van der Waals surface area contributed by atoms with Gasteiger partial charge in [-0.15, -0.1) is 0 Å². The first-order valence-electron chi connectivity index (χ1n) is 9.56. The second-order valence-electron chi connectivity index (χ2n) is 7.92.